The molecule has 1 aromatic rings. The molecular weight excluding hydrogens is 270 g/mol. The molecule has 2 aliphatic rings. The fourth-order valence-corrected chi connectivity index (χ4v) is 3.46. The van der Waals surface area contributed by atoms with E-state index in [0.29, 0.717) is 18.1 Å². The Morgan fingerprint density at radius 1 is 1.10 bits per heavy atom. The van der Waals surface area contributed by atoms with Crippen LogP contribution in [0.4, 0.5) is 0 Å². The molecular formula is C17H24ClNO. The Morgan fingerprint density at radius 3 is 2.50 bits per heavy atom. The van der Waals surface area contributed by atoms with Gasteiger partial charge < -0.3 is 10.1 Å². The Balaban J connectivity index is 1.29. The highest BCUT2D eigenvalue weighted by Gasteiger charge is 2.29. The van der Waals surface area contributed by atoms with Gasteiger partial charge in [0, 0.05) is 17.6 Å². The summed E-state index contributed by atoms with van der Waals surface area (Å²) >= 11 is 5.92. The number of halogens is 1. The molecule has 0 amide bonds. The lowest BCUT2D eigenvalue weighted by Crippen LogP contribution is -2.41. The molecule has 0 heterocycles. The van der Waals surface area contributed by atoms with Crippen LogP contribution in [-0.2, 0) is 4.74 Å². The van der Waals surface area contributed by atoms with Crippen molar-refractivity contribution in [2.75, 3.05) is 13.2 Å². The highest BCUT2D eigenvalue weighted by Crippen LogP contribution is 2.37. The lowest BCUT2D eigenvalue weighted by Gasteiger charge is -2.36. The minimum atomic E-state index is 0.542. The Hall–Kier alpha value is -0.570. The predicted molar refractivity (Wildman–Crippen MR) is 83.4 cm³/mol. The maximum absolute atomic E-state index is 5.92. The number of ether oxygens (including phenoxy) is 1. The minimum absolute atomic E-state index is 0.542. The van der Waals surface area contributed by atoms with Crippen molar-refractivity contribution in [2.45, 2.75) is 56.6 Å². The average Bonchev–Trinajstić information content (AvgIpc) is 2.91. The van der Waals surface area contributed by atoms with Gasteiger partial charge >= 0.3 is 0 Å². The van der Waals surface area contributed by atoms with Gasteiger partial charge in [-0.3, -0.25) is 0 Å². The first-order chi connectivity index (χ1) is 9.81. The molecule has 2 saturated carbocycles. The third-order valence-corrected chi connectivity index (χ3v) is 4.92. The lowest BCUT2D eigenvalue weighted by molar-refractivity contribution is 0.0571. The number of rotatable bonds is 6. The maximum atomic E-state index is 5.92. The highest BCUT2D eigenvalue weighted by molar-refractivity contribution is 6.30. The van der Waals surface area contributed by atoms with Gasteiger partial charge in [0.15, 0.2) is 0 Å². The van der Waals surface area contributed by atoms with Crippen molar-refractivity contribution < 1.29 is 4.74 Å². The van der Waals surface area contributed by atoms with Gasteiger partial charge in [-0.1, -0.05) is 36.6 Å². The molecule has 110 valence electrons. The van der Waals surface area contributed by atoms with Crippen LogP contribution in [-0.4, -0.2) is 25.3 Å². The van der Waals surface area contributed by atoms with Crippen LogP contribution in [0.2, 0.25) is 5.02 Å². The van der Waals surface area contributed by atoms with Gasteiger partial charge in [0.05, 0.1) is 12.7 Å². The Morgan fingerprint density at radius 2 is 1.80 bits per heavy atom. The third kappa shape index (κ3) is 3.75. The van der Waals surface area contributed by atoms with E-state index in [4.69, 9.17) is 16.3 Å². The topological polar surface area (TPSA) is 21.3 Å². The molecule has 0 unspecified atom stereocenters. The van der Waals surface area contributed by atoms with Gasteiger partial charge in [0.25, 0.3) is 0 Å². The van der Waals surface area contributed by atoms with Crippen LogP contribution in [0.3, 0.4) is 0 Å². The summed E-state index contributed by atoms with van der Waals surface area (Å²) in [7, 11) is 0. The van der Waals surface area contributed by atoms with E-state index in [1.165, 1.54) is 44.1 Å². The SMILES string of the molecule is Clc1ccc(C2CC(NCCOC3CCCC3)C2)cc1. The molecule has 2 fully saturated rings. The molecule has 0 aromatic heterocycles. The van der Waals surface area contributed by atoms with E-state index < -0.39 is 0 Å². The first-order valence-corrected chi connectivity index (χ1v) is 8.29. The normalized spacial score (nSPS) is 26.6. The van der Waals surface area contributed by atoms with E-state index >= 15 is 0 Å². The molecule has 20 heavy (non-hydrogen) atoms. The van der Waals surface area contributed by atoms with E-state index in [0.717, 1.165) is 18.2 Å². The van der Waals surface area contributed by atoms with Crippen LogP contribution in [0.15, 0.2) is 24.3 Å². The molecule has 0 bridgehead atoms. The molecule has 3 rings (SSSR count). The Bertz CT molecular complexity index is 408. The fraction of sp³-hybridized carbons (Fsp3) is 0.647. The van der Waals surface area contributed by atoms with Gasteiger partial charge in [-0.2, -0.15) is 0 Å². The van der Waals surface area contributed by atoms with Crippen molar-refractivity contribution in [2.24, 2.45) is 0 Å². The zero-order valence-electron chi connectivity index (χ0n) is 12.0. The summed E-state index contributed by atoms with van der Waals surface area (Å²) in [6.07, 6.45) is 8.26. The van der Waals surface area contributed by atoms with Crippen molar-refractivity contribution in [1.29, 1.82) is 0 Å². The maximum Gasteiger partial charge on any atom is 0.0594 e. The molecule has 0 spiro atoms. The summed E-state index contributed by atoms with van der Waals surface area (Å²) in [5, 5.41) is 4.43. The summed E-state index contributed by atoms with van der Waals surface area (Å²) in [6.45, 7) is 1.86. The van der Waals surface area contributed by atoms with Crippen LogP contribution in [0.25, 0.3) is 0 Å². The van der Waals surface area contributed by atoms with Crippen molar-refractivity contribution in [1.82, 2.24) is 5.32 Å². The monoisotopic (exact) mass is 293 g/mol. The van der Waals surface area contributed by atoms with Crippen LogP contribution in [0.5, 0.6) is 0 Å². The standard InChI is InChI=1S/C17H24ClNO/c18-15-7-5-13(6-8-15)14-11-16(12-14)19-9-10-20-17-3-1-2-4-17/h5-8,14,16-17,19H,1-4,9-12H2. The Labute approximate surface area is 126 Å². The molecule has 0 atom stereocenters. The summed E-state index contributed by atoms with van der Waals surface area (Å²) in [5.41, 5.74) is 1.43. The first-order valence-electron chi connectivity index (χ1n) is 7.92. The smallest absolute Gasteiger partial charge is 0.0594 e. The lowest BCUT2D eigenvalue weighted by atomic mass is 9.76. The highest BCUT2D eigenvalue weighted by atomic mass is 35.5. The molecule has 2 nitrogen and oxygen atoms in total. The second-order valence-electron chi connectivity index (χ2n) is 6.15. The van der Waals surface area contributed by atoms with E-state index in [1.54, 1.807) is 0 Å². The quantitative estimate of drug-likeness (QED) is 0.796. The second kappa shape index (κ2) is 6.93. The number of hydrogen-bond donors (Lipinski definition) is 1. The van der Waals surface area contributed by atoms with E-state index in [1.807, 2.05) is 12.1 Å². The van der Waals surface area contributed by atoms with Crippen LogP contribution >= 0.6 is 11.6 Å². The van der Waals surface area contributed by atoms with Gasteiger partial charge in [-0.25, -0.2) is 0 Å². The molecule has 1 N–H and O–H groups in total. The van der Waals surface area contributed by atoms with Gasteiger partial charge in [0.2, 0.25) is 0 Å². The van der Waals surface area contributed by atoms with E-state index in [-0.39, 0.29) is 0 Å². The summed E-state index contributed by atoms with van der Waals surface area (Å²) < 4.78 is 5.87. The van der Waals surface area contributed by atoms with Crippen molar-refractivity contribution >= 4 is 11.6 Å². The summed E-state index contributed by atoms with van der Waals surface area (Å²) in [6, 6.07) is 8.97. The summed E-state index contributed by atoms with van der Waals surface area (Å²) in [5.74, 6) is 0.709. The van der Waals surface area contributed by atoms with Crippen LogP contribution in [0.1, 0.15) is 50.0 Å². The number of nitrogens with one attached hydrogen (secondary N) is 1. The second-order valence-corrected chi connectivity index (χ2v) is 6.58. The third-order valence-electron chi connectivity index (χ3n) is 4.67. The molecule has 0 radical (unpaired) electrons. The van der Waals surface area contributed by atoms with E-state index in [2.05, 4.69) is 17.4 Å². The fourth-order valence-electron chi connectivity index (χ4n) is 3.34. The largest absolute Gasteiger partial charge is 0.377 e. The van der Waals surface area contributed by atoms with Crippen molar-refractivity contribution in [3.05, 3.63) is 34.9 Å². The van der Waals surface area contributed by atoms with Gasteiger partial charge in [-0.15, -0.1) is 0 Å². The first kappa shape index (κ1) is 14.4. The van der Waals surface area contributed by atoms with Crippen LogP contribution < -0.4 is 5.32 Å². The predicted octanol–water partition coefficient (Wildman–Crippen LogP) is 4.13. The molecule has 2 aliphatic carbocycles. The average molecular weight is 294 g/mol. The van der Waals surface area contributed by atoms with Crippen LogP contribution in [0, 0.1) is 0 Å². The zero-order chi connectivity index (χ0) is 13.8. The summed E-state index contributed by atoms with van der Waals surface area (Å²) in [4.78, 5) is 0. The number of benzene rings is 1. The van der Waals surface area contributed by atoms with Crippen molar-refractivity contribution in [3.63, 3.8) is 0 Å². The molecule has 3 heteroatoms. The van der Waals surface area contributed by atoms with Crippen molar-refractivity contribution in [3.8, 4) is 0 Å². The molecule has 0 aliphatic heterocycles. The van der Waals surface area contributed by atoms with E-state index in [9.17, 15) is 0 Å². The van der Waals surface area contributed by atoms with Gasteiger partial charge in [0.1, 0.15) is 0 Å². The zero-order valence-corrected chi connectivity index (χ0v) is 12.7. The minimum Gasteiger partial charge on any atom is -0.377 e. The number of hydrogen-bond acceptors (Lipinski definition) is 2. The Kier molecular flexibility index (Phi) is 4.98. The molecule has 0 saturated heterocycles. The molecule has 1 aromatic carbocycles. The van der Waals surface area contributed by atoms with Gasteiger partial charge in [-0.05, 0) is 49.3 Å².